The molecule has 8 nitrogen and oxygen atoms in total. The maximum absolute atomic E-state index is 13.0. The first kappa shape index (κ1) is 22.2. The van der Waals surface area contributed by atoms with E-state index in [1.165, 1.54) is 36.2 Å². The fourth-order valence-corrected chi connectivity index (χ4v) is 3.36. The third-order valence-corrected chi connectivity index (χ3v) is 5.02. The minimum absolute atomic E-state index is 0.118. The summed E-state index contributed by atoms with van der Waals surface area (Å²) in [4.78, 5) is 35.4. The van der Waals surface area contributed by atoms with Crippen LogP contribution in [0.1, 0.15) is 36.7 Å². The molecule has 31 heavy (non-hydrogen) atoms. The standard InChI is InChI=1S/C22H19BrN2O6/c1-4-30-19-10-15(18(23)11-20(19)31-13(3)26)9-17-12(2)24-25(21(17)27)16-7-5-14(6-8-16)22(28)29/h5-11H,4H2,1-3H3,(H,28,29)/b17-9+. The average Bonchev–Trinajstić information content (AvgIpc) is 2.99. The molecule has 2 aromatic rings. The molecule has 9 heteroatoms. The molecule has 160 valence electrons. The van der Waals surface area contributed by atoms with E-state index in [0.717, 1.165) is 0 Å². The highest BCUT2D eigenvalue weighted by Gasteiger charge is 2.29. The molecule has 0 bridgehead atoms. The van der Waals surface area contributed by atoms with Crippen molar-refractivity contribution in [2.75, 3.05) is 11.6 Å². The van der Waals surface area contributed by atoms with Crippen LogP contribution in [0.15, 0.2) is 51.5 Å². The molecule has 1 aliphatic rings. The fourth-order valence-electron chi connectivity index (χ4n) is 2.92. The molecule has 3 rings (SSSR count). The van der Waals surface area contributed by atoms with E-state index in [4.69, 9.17) is 14.6 Å². The van der Waals surface area contributed by atoms with Crippen LogP contribution in [0.25, 0.3) is 6.08 Å². The second kappa shape index (κ2) is 9.13. The summed E-state index contributed by atoms with van der Waals surface area (Å²) in [6, 6.07) is 9.15. The van der Waals surface area contributed by atoms with Crippen LogP contribution in [0.5, 0.6) is 11.5 Å². The number of aromatic carboxylic acids is 1. The smallest absolute Gasteiger partial charge is 0.335 e. The second-order valence-corrected chi connectivity index (χ2v) is 7.41. The van der Waals surface area contributed by atoms with Crippen LogP contribution in [0.2, 0.25) is 0 Å². The van der Waals surface area contributed by atoms with Gasteiger partial charge in [-0.25, -0.2) is 4.79 Å². The lowest BCUT2D eigenvalue weighted by molar-refractivity contribution is -0.132. The fraction of sp³-hybridized carbons (Fsp3) is 0.182. The summed E-state index contributed by atoms with van der Waals surface area (Å²) in [5.41, 5.74) is 2.08. The first-order valence-electron chi connectivity index (χ1n) is 9.31. The van der Waals surface area contributed by atoms with Crippen molar-refractivity contribution in [2.45, 2.75) is 20.8 Å². The zero-order valence-electron chi connectivity index (χ0n) is 17.0. The van der Waals surface area contributed by atoms with Crippen LogP contribution in [0, 0.1) is 0 Å². The number of carbonyl (C=O) groups is 3. The quantitative estimate of drug-likeness (QED) is 0.371. The molecule has 0 fully saturated rings. The monoisotopic (exact) mass is 486 g/mol. The molecule has 1 amide bonds. The summed E-state index contributed by atoms with van der Waals surface area (Å²) in [6.45, 7) is 5.18. The highest BCUT2D eigenvalue weighted by atomic mass is 79.9. The maximum Gasteiger partial charge on any atom is 0.335 e. The zero-order valence-corrected chi connectivity index (χ0v) is 18.6. The van der Waals surface area contributed by atoms with E-state index in [2.05, 4.69) is 21.0 Å². The van der Waals surface area contributed by atoms with Gasteiger partial charge in [0.25, 0.3) is 5.91 Å². The lowest BCUT2D eigenvalue weighted by Crippen LogP contribution is -2.21. The molecule has 0 aromatic heterocycles. The van der Waals surface area contributed by atoms with E-state index in [-0.39, 0.29) is 17.2 Å². The first-order valence-corrected chi connectivity index (χ1v) is 10.1. The highest BCUT2D eigenvalue weighted by molar-refractivity contribution is 9.10. The number of hydrazone groups is 1. The van der Waals surface area contributed by atoms with Gasteiger partial charge >= 0.3 is 11.9 Å². The Morgan fingerprint density at radius 1 is 1.19 bits per heavy atom. The van der Waals surface area contributed by atoms with Crippen molar-refractivity contribution < 1.29 is 29.0 Å². The SMILES string of the molecule is CCOc1cc(/C=C2/C(=O)N(c3ccc(C(=O)O)cc3)N=C2C)c(Br)cc1OC(C)=O. The van der Waals surface area contributed by atoms with Crippen molar-refractivity contribution in [1.29, 1.82) is 0 Å². The number of benzene rings is 2. The van der Waals surface area contributed by atoms with E-state index < -0.39 is 11.9 Å². The topological polar surface area (TPSA) is 106 Å². The van der Waals surface area contributed by atoms with Gasteiger partial charge < -0.3 is 14.6 Å². The van der Waals surface area contributed by atoms with Gasteiger partial charge in [0.15, 0.2) is 11.5 Å². The van der Waals surface area contributed by atoms with Crippen LogP contribution in [0.3, 0.4) is 0 Å². The predicted molar refractivity (Wildman–Crippen MR) is 119 cm³/mol. The second-order valence-electron chi connectivity index (χ2n) is 6.56. The Morgan fingerprint density at radius 3 is 2.45 bits per heavy atom. The number of ether oxygens (including phenoxy) is 2. The van der Waals surface area contributed by atoms with Gasteiger partial charge in [0.2, 0.25) is 0 Å². The van der Waals surface area contributed by atoms with Gasteiger partial charge in [-0.3, -0.25) is 9.59 Å². The van der Waals surface area contributed by atoms with Gasteiger partial charge in [0, 0.05) is 11.4 Å². The number of carboxylic acid groups (broad SMARTS) is 1. The Hall–Kier alpha value is -3.46. The summed E-state index contributed by atoms with van der Waals surface area (Å²) >= 11 is 3.44. The lowest BCUT2D eigenvalue weighted by Gasteiger charge is -2.13. The average molecular weight is 487 g/mol. The van der Waals surface area contributed by atoms with Crippen molar-refractivity contribution in [2.24, 2.45) is 5.10 Å². The van der Waals surface area contributed by atoms with Gasteiger partial charge in [-0.05, 0) is 61.9 Å². The number of nitrogens with zero attached hydrogens (tertiary/aromatic N) is 2. The van der Waals surface area contributed by atoms with Gasteiger partial charge in [-0.2, -0.15) is 10.1 Å². The van der Waals surface area contributed by atoms with Gasteiger partial charge in [0.1, 0.15) is 0 Å². The van der Waals surface area contributed by atoms with E-state index >= 15 is 0 Å². The predicted octanol–water partition coefficient (Wildman–Crippen LogP) is 4.28. The molecular weight excluding hydrogens is 468 g/mol. The number of rotatable bonds is 6. The molecule has 1 N–H and O–H groups in total. The molecule has 0 spiro atoms. The van der Waals surface area contributed by atoms with E-state index in [1.54, 1.807) is 25.1 Å². The van der Waals surface area contributed by atoms with Crippen LogP contribution >= 0.6 is 15.9 Å². The van der Waals surface area contributed by atoms with Crippen molar-refractivity contribution in [1.82, 2.24) is 0 Å². The number of halogens is 1. The molecule has 1 aliphatic heterocycles. The number of hydrogen-bond donors (Lipinski definition) is 1. The molecule has 0 atom stereocenters. The van der Waals surface area contributed by atoms with E-state index in [0.29, 0.717) is 39.4 Å². The highest BCUT2D eigenvalue weighted by Crippen LogP contribution is 2.36. The van der Waals surface area contributed by atoms with Crippen molar-refractivity contribution in [3.63, 3.8) is 0 Å². The number of amides is 1. The Labute approximate surface area is 186 Å². The first-order chi connectivity index (χ1) is 14.7. The summed E-state index contributed by atoms with van der Waals surface area (Å²) in [5.74, 6) is -1.24. The minimum Gasteiger partial charge on any atom is -0.490 e. The van der Waals surface area contributed by atoms with Crippen LogP contribution in [-0.2, 0) is 9.59 Å². The summed E-state index contributed by atoms with van der Waals surface area (Å²) in [5, 5.41) is 14.6. The molecule has 1 heterocycles. The van der Waals surface area contributed by atoms with Crippen molar-refractivity contribution >= 4 is 51.3 Å². The normalized spacial score (nSPS) is 14.6. The number of esters is 1. The maximum atomic E-state index is 13.0. The number of anilines is 1. The number of carboxylic acids is 1. The Bertz CT molecular complexity index is 1120. The summed E-state index contributed by atoms with van der Waals surface area (Å²) in [6.07, 6.45) is 1.66. The molecular formula is C22H19BrN2O6. The molecule has 0 radical (unpaired) electrons. The Kier molecular flexibility index (Phi) is 6.55. The van der Waals surface area contributed by atoms with E-state index in [1.807, 2.05) is 6.92 Å². The third kappa shape index (κ3) is 4.83. The molecule has 2 aromatic carbocycles. The minimum atomic E-state index is -1.05. The van der Waals surface area contributed by atoms with Gasteiger partial charge in [0.05, 0.1) is 29.1 Å². The van der Waals surface area contributed by atoms with E-state index in [9.17, 15) is 14.4 Å². The molecule has 0 saturated carbocycles. The zero-order chi connectivity index (χ0) is 22.7. The van der Waals surface area contributed by atoms with Crippen LogP contribution in [0.4, 0.5) is 5.69 Å². The summed E-state index contributed by atoms with van der Waals surface area (Å²) < 4.78 is 11.4. The summed E-state index contributed by atoms with van der Waals surface area (Å²) in [7, 11) is 0. The van der Waals surface area contributed by atoms with Crippen molar-refractivity contribution in [3.05, 3.63) is 57.6 Å². The third-order valence-electron chi connectivity index (χ3n) is 4.34. The Morgan fingerprint density at radius 2 is 1.87 bits per heavy atom. The van der Waals surface area contributed by atoms with Gasteiger partial charge in [-0.15, -0.1) is 0 Å². The molecule has 0 unspecified atom stereocenters. The molecule has 0 aliphatic carbocycles. The van der Waals surface area contributed by atoms with Crippen LogP contribution < -0.4 is 14.5 Å². The van der Waals surface area contributed by atoms with Gasteiger partial charge in [-0.1, -0.05) is 15.9 Å². The van der Waals surface area contributed by atoms with Crippen molar-refractivity contribution in [3.8, 4) is 11.5 Å². The largest absolute Gasteiger partial charge is 0.490 e. The number of carbonyl (C=O) groups excluding carboxylic acids is 2. The lowest BCUT2D eigenvalue weighted by atomic mass is 10.1. The molecule has 0 saturated heterocycles. The van der Waals surface area contributed by atoms with Crippen LogP contribution in [-0.4, -0.2) is 35.3 Å². The Balaban J connectivity index is 1.95. The number of hydrogen-bond acceptors (Lipinski definition) is 6.